The molecule has 23 heavy (non-hydrogen) atoms. The number of aliphatic hydroxyl groups is 1. The van der Waals surface area contributed by atoms with Gasteiger partial charge in [-0.05, 0) is 49.9 Å². The molecule has 2 rings (SSSR count). The molecule has 1 aromatic rings. The molecule has 1 unspecified atom stereocenters. The lowest BCUT2D eigenvalue weighted by atomic mass is 9.97. The summed E-state index contributed by atoms with van der Waals surface area (Å²) in [5, 5.41) is 14.7. The van der Waals surface area contributed by atoms with E-state index in [1.54, 1.807) is 6.92 Å². The fraction of sp³-hybridized carbons (Fsp3) is 0.533. The SMILES string of the molecule is CC(CO)(NC(=O)Nc1ccc(OCC(F)(F)F)cc1)C1CC1. The number of anilines is 1. The van der Waals surface area contributed by atoms with Crippen molar-refractivity contribution in [2.24, 2.45) is 5.92 Å². The predicted molar refractivity (Wildman–Crippen MR) is 78.4 cm³/mol. The molecule has 1 aromatic carbocycles. The second-order valence-corrected chi connectivity index (χ2v) is 5.86. The van der Waals surface area contributed by atoms with Crippen LogP contribution < -0.4 is 15.4 Å². The molecular weight excluding hydrogens is 313 g/mol. The van der Waals surface area contributed by atoms with E-state index in [2.05, 4.69) is 15.4 Å². The topological polar surface area (TPSA) is 70.6 Å². The third-order valence-corrected chi connectivity index (χ3v) is 3.72. The molecule has 1 aliphatic rings. The molecule has 1 aliphatic carbocycles. The van der Waals surface area contributed by atoms with Crippen molar-refractivity contribution in [1.29, 1.82) is 0 Å². The average molecular weight is 332 g/mol. The van der Waals surface area contributed by atoms with Crippen LogP contribution in [0, 0.1) is 5.92 Å². The summed E-state index contributed by atoms with van der Waals surface area (Å²) in [5.41, 5.74) is -0.252. The Balaban J connectivity index is 1.86. The highest BCUT2D eigenvalue weighted by molar-refractivity contribution is 5.89. The molecule has 0 spiro atoms. The molecule has 2 amide bonds. The minimum atomic E-state index is -4.39. The van der Waals surface area contributed by atoms with E-state index < -0.39 is 24.4 Å². The van der Waals surface area contributed by atoms with Crippen LogP contribution in [0.1, 0.15) is 19.8 Å². The molecule has 8 heteroatoms. The molecule has 0 bridgehead atoms. The van der Waals surface area contributed by atoms with Crippen molar-refractivity contribution in [3.63, 3.8) is 0 Å². The monoisotopic (exact) mass is 332 g/mol. The van der Waals surface area contributed by atoms with Crippen LogP contribution in [0.5, 0.6) is 5.75 Å². The molecule has 0 heterocycles. The smallest absolute Gasteiger partial charge is 0.422 e. The van der Waals surface area contributed by atoms with E-state index in [0.717, 1.165) is 12.8 Å². The van der Waals surface area contributed by atoms with Gasteiger partial charge in [0.25, 0.3) is 0 Å². The highest BCUT2D eigenvalue weighted by Gasteiger charge is 2.42. The maximum Gasteiger partial charge on any atom is 0.422 e. The molecule has 0 aliphatic heterocycles. The summed E-state index contributed by atoms with van der Waals surface area (Å²) in [4.78, 5) is 11.9. The largest absolute Gasteiger partial charge is 0.484 e. The molecule has 1 saturated carbocycles. The Hall–Kier alpha value is -1.96. The summed E-state index contributed by atoms with van der Waals surface area (Å²) in [5.74, 6) is 0.322. The van der Waals surface area contributed by atoms with Gasteiger partial charge in [-0.15, -0.1) is 0 Å². The summed E-state index contributed by atoms with van der Waals surface area (Å²) in [6.07, 6.45) is -2.47. The van der Waals surface area contributed by atoms with E-state index in [4.69, 9.17) is 0 Å². The van der Waals surface area contributed by atoms with E-state index in [9.17, 15) is 23.1 Å². The van der Waals surface area contributed by atoms with Gasteiger partial charge in [-0.2, -0.15) is 13.2 Å². The number of benzene rings is 1. The first-order valence-electron chi connectivity index (χ1n) is 7.21. The van der Waals surface area contributed by atoms with Crippen molar-refractivity contribution < 1.29 is 27.8 Å². The van der Waals surface area contributed by atoms with Crippen LogP contribution in [0.15, 0.2) is 24.3 Å². The Bertz CT molecular complexity index is 544. The van der Waals surface area contributed by atoms with Crippen LogP contribution in [0.2, 0.25) is 0 Å². The van der Waals surface area contributed by atoms with Crippen LogP contribution in [-0.2, 0) is 0 Å². The minimum Gasteiger partial charge on any atom is -0.484 e. The van der Waals surface area contributed by atoms with E-state index in [-0.39, 0.29) is 18.3 Å². The van der Waals surface area contributed by atoms with Crippen molar-refractivity contribution in [1.82, 2.24) is 5.32 Å². The molecule has 0 saturated heterocycles. The van der Waals surface area contributed by atoms with E-state index >= 15 is 0 Å². The summed E-state index contributed by atoms with van der Waals surface area (Å²) >= 11 is 0. The van der Waals surface area contributed by atoms with Gasteiger partial charge in [0.05, 0.1) is 12.1 Å². The van der Waals surface area contributed by atoms with Gasteiger partial charge in [0.1, 0.15) is 5.75 Å². The Morgan fingerprint density at radius 1 is 1.30 bits per heavy atom. The number of nitrogens with one attached hydrogen (secondary N) is 2. The fourth-order valence-corrected chi connectivity index (χ4v) is 2.21. The van der Waals surface area contributed by atoms with Gasteiger partial charge >= 0.3 is 12.2 Å². The van der Waals surface area contributed by atoms with Crippen molar-refractivity contribution in [2.45, 2.75) is 31.5 Å². The lowest BCUT2D eigenvalue weighted by molar-refractivity contribution is -0.153. The molecule has 0 aromatic heterocycles. The maximum atomic E-state index is 12.0. The van der Waals surface area contributed by atoms with Gasteiger partial charge < -0.3 is 20.5 Å². The summed E-state index contributed by atoms with van der Waals surface area (Å²) in [6, 6.07) is 5.09. The third kappa shape index (κ3) is 5.31. The third-order valence-electron chi connectivity index (χ3n) is 3.72. The molecule has 5 nitrogen and oxygen atoms in total. The zero-order chi connectivity index (χ0) is 17.1. The Labute approximate surface area is 131 Å². The molecular formula is C15H19F3N2O3. The van der Waals surface area contributed by atoms with Crippen LogP contribution >= 0.6 is 0 Å². The first kappa shape index (κ1) is 17.4. The number of aliphatic hydroxyl groups excluding tert-OH is 1. The van der Waals surface area contributed by atoms with Gasteiger partial charge in [-0.25, -0.2) is 4.79 Å². The quantitative estimate of drug-likeness (QED) is 0.750. The Morgan fingerprint density at radius 2 is 1.91 bits per heavy atom. The molecule has 128 valence electrons. The normalized spacial score (nSPS) is 17.3. The molecule has 1 atom stereocenters. The van der Waals surface area contributed by atoms with E-state index in [1.807, 2.05) is 0 Å². The van der Waals surface area contributed by atoms with Gasteiger partial charge in [0.15, 0.2) is 6.61 Å². The van der Waals surface area contributed by atoms with Gasteiger partial charge in [-0.1, -0.05) is 0 Å². The van der Waals surface area contributed by atoms with Crippen molar-refractivity contribution in [3.05, 3.63) is 24.3 Å². The number of ether oxygens (including phenoxy) is 1. The maximum absolute atomic E-state index is 12.0. The number of hydrogen-bond donors (Lipinski definition) is 3. The number of carbonyl (C=O) groups is 1. The van der Waals surface area contributed by atoms with Gasteiger partial charge in [0.2, 0.25) is 0 Å². The van der Waals surface area contributed by atoms with Gasteiger partial charge in [-0.3, -0.25) is 0 Å². The lowest BCUT2D eigenvalue weighted by Gasteiger charge is -2.28. The second-order valence-electron chi connectivity index (χ2n) is 5.86. The van der Waals surface area contributed by atoms with Crippen molar-refractivity contribution in [3.8, 4) is 5.75 Å². The van der Waals surface area contributed by atoms with Crippen LogP contribution in [0.4, 0.5) is 23.7 Å². The number of halogens is 3. The highest BCUT2D eigenvalue weighted by atomic mass is 19.4. The fourth-order valence-electron chi connectivity index (χ4n) is 2.21. The number of rotatable bonds is 6. The number of alkyl halides is 3. The van der Waals surface area contributed by atoms with Gasteiger partial charge in [0, 0.05) is 5.69 Å². The predicted octanol–water partition coefficient (Wildman–Crippen LogP) is 2.91. The highest BCUT2D eigenvalue weighted by Crippen LogP contribution is 2.39. The summed E-state index contributed by atoms with van der Waals surface area (Å²) in [7, 11) is 0. The standard InChI is InChI=1S/C15H19F3N2O3/c1-14(8-21,10-2-3-10)20-13(22)19-11-4-6-12(7-5-11)23-9-15(16,17)18/h4-7,10,21H,2-3,8-9H2,1H3,(H2,19,20,22). The van der Waals surface area contributed by atoms with Crippen LogP contribution in [0.25, 0.3) is 0 Å². The molecule has 1 fully saturated rings. The minimum absolute atomic E-state index is 0.0615. The Morgan fingerprint density at radius 3 is 2.39 bits per heavy atom. The first-order chi connectivity index (χ1) is 10.7. The average Bonchev–Trinajstić information content (AvgIpc) is 3.30. The van der Waals surface area contributed by atoms with Crippen molar-refractivity contribution >= 4 is 11.7 Å². The van der Waals surface area contributed by atoms with E-state index in [0.29, 0.717) is 5.69 Å². The Kier molecular flexibility index (Phi) is 5.03. The second kappa shape index (κ2) is 6.66. The number of amides is 2. The zero-order valence-electron chi connectivity index (χ0n) is 12.6. The summed E-state index contributed by atoms with van der Waals surface area (Å²) < 4.78 is 40.7. The number of carbonyl (C=O) groups excluding carboxylic acids is 1. The lowest BCUT2D eigenvalue weighted by Crippen LogP contribution is -2.52. The van der Waals surface area contributed by atoms with Crippen molar-refractivity contribution in [2.75, 3.05) is 18.5 Å². The first-order valence-corrected chi connectivity index (χ1v) is 7.21. The summed E-state index contributed by atoms with van der Waals surface area (Å²) in [6.45, 7) is 0.254. The van der Waals surface area contributed by atoms with Crippen LogP contribution in [0.3, 0.4) is 0 Å². The van der Waals surface area contributed by atoms with Crippen LogP contribution in [-0.4, -0.2) is 36.1 Å². The molecule has 0 radical (unpaired) electrons. The zero-order valence-corrected chi connectivity index (χ0v) is 12.6. The number of hydrogen-bond acceptors (Lipinski definition) is 3. The molecule has 3 N–H and O–H groups in total. The number of urea groups is 1. The van der Waals surface area contributed by atoms with E-state index in [1.165, 1.54) is 24.3 Å².